The van der Waals surface area contributed by atoms with Crippen LogP contribution in [0.5, 0.6) is 5.75 Å². The van der Waals surface area contributed by atoms with Gasteiger partial charge in [-0.3, -0.25) is 0 Å². The molecule has 0 aliphatic heterocycles. The van der Waals surface area contributed by atoms with E-state index in [-0.39, 0.29) is 0 Å². The highest BCUT2D eigenvalue weighted by atomic mass is 16.5. The van der Waals surface area contributed by atoms with Gasteiger partial charge >= 0.3 is 0 Å². The molecule has 0 saturated heterocycles. The first-order chi connectivity index (χ1) is 9.31. The SMILES string of the molecule is CNC(CCc1ccco1)Cc1cccc(OC)c1. The smallest absolute Gasteiger partial charge is 0.119 e. The van der Waals surface area contributed by atoms with E-state index in [9.17, 15) is 0 Å². The first kappa shape index (κ1) is 13.7. The van der Waals surface area contributed by atoms with Crippen LogP contribution in [0.2, 0.25) is 0 Å². The standard InChI is InChI=1S/C16H21NO2/c1-17-14(8-9-15-7-4-10-19-15)11-13-5-3-6-16(12-13)18-2/h3-7,10,12,14,17H,8-9,11H2,1-2H3. The molecule has 3 heteroatoms. The normalized spacial score (nSPS) is 12.3. The molecule has 1 aromatic carbocycles. The molecule has 1 aromatic heterocycles. The number of likely N-dealkylation sites (N-methyl/N-ethyl adjacent to an activating group) is 1. The highest BCUT2D eigenvalue weighted by Crippen LogP contribution is 2.15. The van der Waals surface area contributed by atoms with Crippen LogP contribution >= 0.6 is 0 Å². The lowest BCUT2D eigenvalue weighted by atomic mass is 10.0. The fourth-order valence-corrected chi connectivity index (χ4v) is 2.20. The van der Waals surface area contributed by atoms with Gasteiger partial charge in [0.2, 0.25) is 0 Å². The largest absolute Gasteiger partial charge is 0.497 e. The lowest BCUT2D eigenvalue weighted by molar-refractivity contribution is 0.413. The zero-order chi connectivity index (χ0) is 13.5. The van der Waals surface area contributed by atoms with Crippen LogP contribution in [-0.2, 0) is 12.8 Å². The summed E-state index contributed by atoms with van der Waals surface area (Å²) in [6, 6.07) is 12.6. The summed E-state index contributed by atoms with van der Waals surface area (Å²) < 4.78 is 10.6. The van der Waals surface area contributed by atoms with Gasteiger partial charge in [-0.1, -0.05) is 12.1 Å². The minimum Gasteiger partial charge on any atom is -0.497 e. The van der Waals surface area contributed by atoms with Crippen molar-refractivity contribution in [1.29, 1.82) is 0 Å². The molecule has 0 bridgehead atoms. The van der Waals surface area contributed by atoms with Gasteiger partial charge in [-0.05, 0) is 49.7 Å². The molecule has 0 radical (unpaired) electrons. The van der Waals surface area contributed by atoms with Gasteiger partial charge in [0.05, 0.1) is 13.4 Å². The molecule has 2 rings (SSSR count). The predicted octanol–water partition coefficient (Wildman–Crippen LogP) is 3.05. The Morgan fingerprint density at radius 2 is 2.16 bits per heavy atom. The van der Waals surface area contributed by atoms with Crippen LogP contribution in [0.1, 0.15) is 17.7 Å². The van der Waals surface area contributed by atoms with E-state index in [0.29, 0.717) is 6.04 Å². The number of methoxy groups -OCH3 is 1. The summed E-state index contributed by atoms with van der Waals surface area (Å²) in [4.78, 5) is 0. The predicted molar refractivity (Wildman–Crippen MR) is 76.6 cm³/mol. The number of rotatable bonds is 7. The fourth-order valence-electron chi connectivity index (χ4n) is 2.20. The van der Waals surface area contributed by atoms with Gasteiger partial charge in [-0.15, -0.1) is 0 Å². The molecule has 2 aromatic rings. The van der Waals surface area contributed by atoms with Crippen molar-refractivity contribution in [3.05, 3.63) is 54.0 Å². The molecule has 0 saturated carbocycles. The molecule has 102 valence electrons. The molecule has 1 atom stereocenters. The lowest BCUT2D eigenvalue weighted by Gasteiger charge is -2.16. The van der Waals surface area contributed by atoms with Crippen molar-refractivity contribution < 1.29 is 9.15 Å². The topological polar surface area (TPSA) is 34.4 Å². The van der Waals surface area contributed by atoms with E-state index in [4.69, 9.17) is 9.15 Å². The third-order valence-corrected chi connectivity index (χ3v) is 3.34. The van der Waals surface area contributed by atoms with Gasteiger partial charge in [-0.25, -0.2) is 0 Å². The van der Waals surface area contributed by atoms with E-state index in [1.54, 1.807) is 13.4 Å². The average Bonchev–Trinajstić information content (AvgIpc) is 2.97. The minimum absolute atomic E-state index is 0.442. The van der Waals surface area contributed by atoms with Gasteiger partial charge in [-0.2, -0.15) is 0 Å². The molecule has 1 heterocycles. The zero-order valence-corrected chi connectivity index (χ0v) is 11.6. The second-order valence-corrected chi connectivity index (χ2v) is 4.66. The van der Waals surface area contributed by atoms with Crippen LogP contribution in [0.15, 0.2) is 47.1 Å². The highest BCUT2D eigenvalue weighted by molar-refractivity contribution is 5.29. The van der Waals surface area contributed by atoms with Crippen LogP contribution in [0.3, 0.4) is 0 Å². The van der Waals surface area contributed by atoms with Gasteiger partial charge in [0.1, 0.15) is 11.5 Å². The Morgan fingerprint density at radius 3 is 2.84 bits per heavy atom. The molecular formula is C16H21NO2. The Hall–Kier alpha value is -1.74. The van der Waals surface area contributed by atoms with Crippen LogP contribution in [0.4, 0.5) is 0 Å². The maximum atomic E-state index is 5.37. The number of ether oxygens (including phenoxy) is 1. The Labute approximate surface area is 114 Å². The van der Waals surface area contributed by atoms with E-state index >= 15 is 0 Å². The molecule has 0 amide bonds. The summed E-state index contributed by atoms with van der Waals surface area (Å²) in [5.41, 5.74) is 1.29. The third-order valence-electron chi connectivity index (χ3n) is 3.34. The van der Waals surface area contributed by atoms with E-state index in [2.05, 4.69) is 17.4 Å². The fraction of sp³-hybridized carbons (Fsp3) is 0.375. The number of hydrogen-bond acceptors (Lipinski definition) is 3. The second kappa shape index (κ2) is 7.00. The molecule has 0 aliphatic rings. The van der Waals surface area contributed by atoms with Crippen LogP contribution in [-0.4, -0.2) is 20.2 Å². The first-order valence-corrected chi connectivity index (χ1v) is 6.64. The number of hydrogen-bond donors (Lipinski definition) is 1. The van der Waals surface area contributed by atoms with Crippen molar-refractivity contribution in [2.75, 3.05) is 14.2 Å². The molecule has 0 fully saturated rings. The summed E-state index contributed by atoms with van der Waals surface area (Å²) >= 11 is 0. The van der Waals surface area contributed by atoms with Crippen molar-refractivity contribution >= 4 is 0 Å². The second-order valence-electron chi connectivity index (χ2n) is 4.66. The van der Waals surface area contributed by atoms with Gasteiger partial charge in [0.25, 0.3) is 0 Å². The maximum absolute atomic E-state index is 5.37. The molecule has 1 unspecified atom stereocenters. The molecule has 0 aliphatic carbocycles. The van der Waals surface area contributed by atoms with Crippen molar-refractivity contribution in [2.45, 2.75) is 25.3 Å². The Morgan fingerprint density at radius 1 is 1.26 bits per heavy atom. The Balaban J connectivity index is 1.90. The number of aryl methyl sites for hydroxylation is 1. The molecule has 3 nitrogen and oxygen atoms in total. The van der Waals surface area contributed by atoms with E-state index in [0.717, 1.165) is 30.8 Å². The number of furan rings is 1. The van der Waals surface area contributed by atoms with Crippen molar-refractivity contribution in [3.8, 4) is 5.75 Å². The summed E-state index contributed by atoms with van der Waals surface area (Å²) in [5, 5.41) is 3.37. The van der Waals surface area contributed by atoms with Crippen molar-refractivity contribution in [3.63, 3.8) is 0 Å². The molecule has 0 spiro atoms. The average molecular weight is 259 g/mol. The van der Waals surface area contributed by atoms with E-state index < -0.39 is 0 Å². The molecular weight excluding hydrogens is 238 g/mol. The van der Waals surface area contributed by atoms with Gasteiger partial charge in [0.15, 0.2) is 0 Å². The lowest BCUT2D eigenvalue weighted by Crippen LogP contribution is -2.28. The van der Waals surface area contributed by atoms with Crippen LogP contribution < -0.4 is 10.1 Å². The highest BCUT2D eigenvalue weighted by Gasteiger charge is 2.09. The molecule has 19 heavy (non-hydrogen) atoms. The Bertz CT molecular complexity index is 479. The molecule has 1 N–H and O–H groups in total. The quantitative estimate of drug-likeness (QED) is 0.830. The summed E-state index contributed by atoms with van der Waals surface area (Å²) in [6.07, 6.45) is 4.74. The van der Waals surface area contributed by atoms with Crippen LogP contribution in [0, 0.1) is 0 Å². The summed E-state index contributed by atoms with van der Waals surface area (Å²) in [6.45, 7) is 0. The monoisotopic (exact) mass is 259 g/mol. The third kappa shape index (κ3) is 4.14. The summed E-state index contributed by atoms with van der Waals surface area (Å²) in [7, 11) is 3.71. The number of benzene rings is 1. The maximum Gasteiger partial charge on any atom is 0.119 e. The van der Waals surface area contributed by atoms with Gasteiger partial charge in [0, 0.05) is 12.5 Å². The van der Waals surface area contributed by atoms with Crippen LogP contribution in [0.25, 0.3) is 0 Å². The zero-order valence-electron chi connectivity index (χ0n) is 11.6. The van der Waals surface area contributed by atoms with E-state index in [1.165, 1.54) is 5.56 Å². The van der Waals surface area contributed by atoms with Crippen molar-refractivity contribution in [2.24, 2.45) is 0 Å². The summed E-state index contributed by atoms with van der Waals surface area (Å²) in [5.74, 6) is 1.96. The minimum atomic E-state index is 0.442. The van der Waals surface area contributed by atoms with Crippen molar-refractivity contribution in [1.82, 2.24) is 5.32 Å². The Kier molecular flexibility index (Phi) is 5.04. The van der Waals surface area contributed by atoms with Gasteiger partial charge < -0.3 is 14.5 Å². The first-order valence-electron chi connectivity index (χ1n) is 6.64. The number of nitrogens with one attached hydrogen (secondary N) is 1. The van der Waals surface area contributed by atoms with E-state index in [1.807, 2.05) is 31.3 Å².